The highest BCUT2D eigenvalue weighted by atomic mass is 19.4. The Balaban J connectivity index is 0.00000126. The van der Waals surface area contributed by atoms with Gasteiger partial charge in [-0.05, 0) is 35.9 Å². The first kappa shape index (κ1) is 20.3. The molecular weight excluding hydrogens is 363 g/mol. The number of aliphatic hydroxyl groups is 1. The number of alkyl halides is 3. The molecule has 2 aromatic rings. The summed E-state index contributed by atoms with van der Waals surface area (Å²) in [6.07, 6.45) is -4.79. The first-order valence-corrected chi connectivity index (χ1v) is 7.77. The van der Waals surface area contributed by atoms with Gasteiger partial charge in [0, 0.05) is 18.2 Å². The molecule has 5 nitrogen and oxygen atoms in total. The topological polar surface area (TPSA) is 59.0 Å². The molecular formula is C19H18F3NO4. The average molecular weight is 381 g/mol. The van der Waals surface area contributed by atoms with Crippen molar-refractivity contribution >= 4 is 17.2 Å². The van der Waals surface area contributed by atoms with E-state index in [0.717, 1.165) is 12.7 Å². The fourth-order valence-electron chi connectivity index (χ4n) is 2.65. The third-order valence-corrected chi connectivity index (χ3v) is 3.82. The second-order valence-electron chi connectivity index (χ2n) is 5.44. The van der Waals surface area contributed by atoms with E-state index in [2.05, 4.69) is 11.3 Å². The number of fused-ring (bicyclic) bond motifs is 1. The molecule has 0 atom stereocenters. The number of hydrogen-bond acceptors (Lipinski definition) is 4. The Morgan fingerprint density at radius 1 is 1.07 bits per heavy atom. The second kappa shape index (κ2) is 8.13. The van der Waals surface area contributed by atoms with Crippen molar-refractivity contribution in [2.75, 3.05) is 19.1 Å². The lowest BCUT2D eigenvalue weighted by Crippen LogP contribution is -2.25. The number of benzene rings is 2. The van der Waals surface area contributed by atoms with Gasteiger partial charge in [-0.1, -0.05) is 18.7 Å². The maximum Gasteiger partial charge on any atom is 0.573 e. The fourth-order valence-corrected chi connectivity index (χ4v) is 2.65. The van der Waals surface area contributed by atoms with Gasteiger partial charge >= 0.3 is 6.36 Å². The molecule has 27 heavy (non-hydrogen) atoms. The Labute approximate surface area is 154 Å². The number of halogens is 3. The molecule has 144 valence electrons. The van der Waals surface area contributed by atoms with Crippen LogP contribution in [0.25, 0.3) is 5.57 Å². The lowest BCUT2D eigenvalue weighted by molar-refractivity contribution is -0.274. The SMILES string of the molecule is C=C1C(=O)N(Cc2ccc(OC)cc2)c2ccc(OC(F)(F)F)cc21.CO. The zero-order valence-corrected chi connectivity index (χ0v) is 14.7. The summed E-state index contributed by atoms with van der Waals surface area (Å²) in [4.78, 5) is 13.9. The predicted octanol–water partition coefficient (Wildman–Crippen LogP) is 3.76. The maximum atomic E-state index is 12.4. The highest BCUT2D eigenvalue weighted by Gasteiger charge is 2.34. The summed E-state index contributed by atoms with van der Waals surface area (Å²) in [5, 5.41) is 7.00. The van der Waals surface area contributed by atoms with Crippen LogP contribution >= 0.6 is 0 Å². The number of carbonyl (C=O) groups is 1. The number of carbonyl (C=O) groups excluding carboxylic acids is 1. The molecule has 3 rings (SSSR count). The summed E-state index contributed by atoms with van der Waals surface area (Å²) in [7, 11) is 2.56. The quantitative estimate of drug-likeness (QED) is 0.820. The smallest absolute Gasteiger partial charge is 0.497 e. The van der Waals surface area contributed by atoms with Crippen LogP contribution in [0.5, 0.6) is 11.5 Å². The fraction of sp³-hybridized carbons (Fsp3) is 0.211. The minimum Gasteiger partial charge on any atom is -0.497 e. The van der Waals surface area contributed by atoms with Gasteiger partial charge in [-0.25, -0.2) is 0 Å². The molecule has 1 heterocycles. The molecule has 8 heteroatoms. The number of rotatable bonds is 4. The molecule has 1 N–H and O–H groups in total. The van der Waals surface area contributed by atoms with Crippen molar-refractivity contribution in [1.82, 2.24) is 0 Å². The maximum absolute atomic E-state index is 12.4. The zero-order valence-electron chi connectivity index (χ0n) is 14.7. The van der Waals surface area contributed by atoms with Gasteiger partial charge in [0.2, 0.25) is 0 Å². The summed E-state index contributed by atoms with van der Waals surface area (Å²) in [6, 6.07) is 11.0. The number of methoxy groups -OCH3 is 1. The molecule has 0 aromatic heterocycles. The van der Waals surface area contributed by atoms with Crippen molar-refractivity contribution in [3.63, 3.8) is 0 Å². The van der Waals surface area contributed by atoms with Gasteiger partial charge < -0.3 is 19.5 Å². The molecule has 0 fully saturated rings. The molecule has 0 unspecified atom stereocenters. The molecule has 1 aliphatic rings. The minimum atomic E-state index is -4.79. The van der Waals surface area contributed by atoms with E-state index in [1.165, 1.54) is 23.1 Å². The second-order valence-corrected chi connectivity index (χ2v) is 5.44. The molecule has 2 aromatic carbocycles. The van der Waals surface area contributed by atoms with Crippen molar-refractivity contribution in [3.05, 3.63) is 60.2 Å². The van der Waals surface area contributed by atoms with Crippen LogP contribution in [0.15, 0.2) is 49.0 Å². The van der Waals surface area contributed by atoms with Crippen LogP contribution in [-0.4, -0.2) is 31.6 Å². The standard InChI is InChI=1S/C18H14F3NO3.CH4O/c1-11-15-9-14(25-18(19,20)21)7-8-16(15)22(17(11)23)10-12-3-5-13(24-2)6-4-12;1-2/h3-9H,1,10H2,2H3;2H,1H3. The van der Waals surface area contributed by atoms with Crippen molar-refractivity contribution in [2.24, 2.45) is 0 Å². The Morgan fingerprint density at radius 2 is 1.67 bits per heavy atom. The van der Waals surface area contributed by atoms with Crippen LogP contribution in [0.2, 0.25) is 0 Å². The lowest BCUT2D eigenvalue weighted by Gasteiger charge is -2.18. The minimum absolute atomic E-state index is 0.135. The number of nitrogens with zero attached hydrogens (tertiary/aromatic N) is 1. The van der Waals surface area contributed by atoms with Crippen LogP contribution in [0, 0.1) is 0 Å². The summed E-state index contributed by atoms with van der Waals surface area (Å²) < 4.78 is 46.1. The monoisotopic (exact) mass is 381 g/mol. The molecule has 0 saturated carbocycles. The van der Waals surface area contributed by atoms with E-state index in [1.54, 1.807) is 19.2 Å². The van der Waals surface area contributed by atoms with Gasteiger partial charge in [0.15, 0.2) is 0 Å². The Morgan fingerprint density at radius 3 is 2.22 bits per heavy atom. The number of aliphatic hydroxyl groups excluding tert-OH is 1. The highest BCUT2D eigenvalue weighted by molar-refractivity contribution is 6.32. The van der Waals surface area contributed by atoms with Gasteiger partial charge in [0.25, 0.3) is 5.91 Å². The first-order valence-electron chi connectivity index (χ1n) is 7.77. The zero-order chi connectivity index (χ0) is 20.2. The number of anilines is 1. The van der Waals surface area contributed by atoms with Gasteiger partial charge in [-0.3, -0.25) is 4.79 Å². The van der Waals surface area contributed by atoms with Crippen molar-refractivity contribution in [1.29, 1.82) is 0 Å². The predicted molar refractivity (Wildman–Crippen MR) is 94.5 cm³/mol. The largest absolute Gasteiger partial charge is 0.573 e. The van der Waals surface area contributed by atoms with Crippen LogP contribution in [0.3, 0.4) is 0 Å². The molecule has 0 spiro atoms. The molecule has 0 aliphatic carbocycles. The van der Waals surface area contributed by atoms with E-state index >= 15 is 0 Å². The van der Waals surface area contributed by atoms with Crippen LogP contribution in [0.4, 0.5) is 18.9 Å². The normalized spacial score (nSPS) is 13.0. The van der Waals surface area contributed by atoms with Crippen LogP contribution in [0.1, 0.15) is 11.1 Å². The Kier molecular flexibility index (Phi) is 6.12. The Bertz CT molecular complexity index is 832. The summed E-state index contributed by atoms with van der Waals surface area (Å²) in [6.45, 7) is 3.96. The molecule has 0 saturated heterocycles. The van der Waals surface area contributed by atoms with Gasteiger partial charge in [0.1, 0.15) is 11.5 Å². The number of amides is 1. The van der Waals surface area contributed by atoms with E-state index in [1.807, 2.05) is 12.1 Å². The summed E-state index contributed by atoms with van der Waals surface area (Å²) >= 11 is 0. The van der Waals surface area contributed by atoms with Crippen molar-refractivity contribution in [2.45, 2.75) is 12.9 Å². The van der Waals surface area contributed by atoms with Crippen molar-refractivity contribution in [3.8, 4) is 11.5 Å². The summed E-state index contributed by atoms with van der Waals surface area (Å²) in [5.41, 5.74) is 1.82. The molecule has 1 aliphatic heterocycles. The summed E-state index contributed by atoms with van der Waals surface area (Å²) in [5.74, 6) is -0.0447. The van der Waals surface area contributed by atoms with E-state index in [-0.39, 0.29) is 23.8 Å². The Hall–Kier alpha value is -3.00. The molecule has 1 amide bonds. The van der Waals surface area contributed by atoms with E-state index in [4.69, 9.17) is 9.84 Å². The van der Waals surface area contributed by atoms with Crippen LogP contribution in [-0.2, 0) is 11.3 Å². The van der Waals surface area contributed by atoms with Crippen LogP contribution < -0.4 is 14.4 Å². The third-order valence-electron chi connectivity index (χ3n) is 3.82. The van der Waals surface area contributed by atoms with E-state index < -0.39 is 6.36 Å². The van der Waals surface area contributed by atoms with E-state index in [0.29, 0.717) is 17.0 Å². The third kappa shape index (κ3) is 4.59. The van der Waals surface area contributed by atoms with Crippen molar-refractivity contribution < 1.29 is 32.5 Å². The lowest BCUT2D eigenvalue weighted by atomic mass is 10.1. The molecule has 0 radical (unpaired) electrons. The van der Waals surface area contributed by atoms with Gasteiger partial charge in [-0.2, -0.15) is 0 Å². The highest BCUT2D eigenvalue weighted by Crippen LogP contribution is 2.39. The average Bonchev–Trinajstić information content (AvgIpc) is 2.87. The number of ether oxygens (including phenoxy) is 2. The van der Waals surface area contributed by atoms with E-state index in [9.17, 15) is 18.0 Å². The molecule has 0 bridgehead atoms. The number of hydrogen-bond donors (Lipinski definition) is 1. The van der Waals surface area contributed by atoms with Gasteiger partial charge in [-0.15, -0.1) is 13.2 Å². The van der Waals surface area contributed by atoms with Gasteiger partial charge in [0.05, 0.1) is 19.3 Å². The first-order chi connectivity index (χ1) is 12.8.